The minimum Gasteiger partial charge on any atom is -0.507 e. The highest BCUT2D eigenvalue weighted by Gasteiger charge is 2.47. The summed E-state index contributed by atoms with van der Waals surface area (Å²) in [6, 6.07) is 4.19. The zero-order chi connectivity index (χ0) is 22.1. The van der Waals surface area contributed by atoms with E-state index in [9.17, 15) is 9.90 Å². The molecule has 1 heterocycles. The lowest BCUT2D eigenvalue weighted by Crippen LogP contribution is -2.50. The Labute approximate surface area is 182 Å². The number of carbonyl (C=O) groups excluding carboxylic acids is 1. The van der Waals surface area contributed by atoms with Crippen LogP contribution in [0.25, 0.3) is 5.57 Å². The van der Waals surface area contributed by atoms with Gasteiger partial charge >= 0.3 is 0 Å². The van der Waals surface area contributed by atoms with Gasteiger partial charge < -0.3 is 15.2 Å². The Morgan fingerprint density at radius 1 is 1.20 bits per heavy atom. The van der Waals surface area contributed by atoms with Crippen LogP contribution in [0.3, 0.4) is 0 Å². The molecule has 1 aliphatic carbocycles. The number of unbranched alkanes of at least 4 members (excludes halogenated alkanes) is 2. The van der Waals surface area contributed by atoms with Crippen LogP contribution in [0.1, 0.15) is 104 Å². The maximum atomic E-state index is 11.6. The van der Waals surface area contributed by atoms with Gasteiger partial charge in [0.2, 0.25) is 5.91 Å². The second kappa shape index (κ2) is 9.03. The van der Waals surface area contributed by atoms with Gasteiger partial charge in [0.05, 0.1) is 0 Å². The third-order valence-electron chi connectivity index (χ3n) is 7.24. The molecule has 1 aromatic rings. The Hall–Kier alpha value is -1.97. The van der Waals surface area contributed by atoms with E-state index in [-0.39, 0.29) is 23.5 Å². The lowest BCUT2D eigenvalue weighted by molar-refractivity contribution is -0.120. The van der Waals surface area contributed by atoms with E-state index in [1.165, 1.54) is 30.4 Å². The summed E-state index contributed by atoms with van der Waals surface area (Å²) in [4.78, 5) is 11.6. The van der Waals surface area contributed by atoms with Crippen LogP contribution in [0.15, 0.2) is 17.7 Å². The van der Waals surface area contributed by atoms with E-state index >= 15 is 0 Å². The van der Waals surface area contributed by atoms with Crippen LogP contribution in [0.5, 0.6) is 11.5 Å². The van der Waals surface area contributed by atoms with Gasteiger partial charge in [0.25, 0.3) is 0 Å². The predicted octanol–water partition coefficient (Wildman–Crippen LogP) is 6.33. The van der Waals surface area contributed by atoms with Crippen molar-refractivity contribution in [3.8, 4) is 11.5 Å². The van der Waals surface area contributed by atoms with Crippen molar-refractivity contribution in [3.63, 3.8) is 0 Å². The molecule has 166 valence electrons. The Bertz CT molecular complexity index is 824. The molecule has 30 heavy (non-hydrogen) atoms. The Balaban J connectivity index is 1.95. The Kier molecular flexibility index (Phi) is 6.84. The SMILES string of the molecule is CCCCC/C(C)=C(\C)c1cc(O)c2c(c1)OC(C)(C)C1CC[C@@H](NC(C)=O)CC21. The predicted molar refractivity (Wildman–Crippen MR) is 123 cm³/mol. The van der Waals surface area contributed by atoms with Crippen molar-refractivity contribution < 1.29 is 14.6 Å². The van der Waals surface area contributed by atoms with Crippen molar-refractivity contribution in [2.45, 2.75) is 104 Å². The quantitative estimate of drug-likeness (QED) is 0.536. The first-order chi connectivity index (χ1) is 14.1. The van der Waals surface area contributed by atoms with Gasteiger partial charge in [-0.3, -0.25) is 4.79 Å². The second-order valence-corrected chi connectivity index (χ2v) is 9.90. The van der Waals surface area contributed by atoms with Crippen LogP contribution in [-0.4, -0.2) is 22.7 Å². The van der Waals surface area contributed by atoms with Crippen molar-refractivity contribution >= 4 is 11.5 Å². The van der Waals surface area contributed by atoms with Gasteiger partial charge in [-0.05, 0) is 89.0 Å². The number of ether oxygens (including phenoxy) is 1. The lowest BCUT2D eigenvalue weighted by atomic mass is 9.65. The Morgan fingerprint density at radius 2 is 1.93 bits per heavy atom. The third kappa shape index (κ3) is 4.68. The van der Waals surface area contributed by atoms with E-state index in [1.807, 2.05) is 6.07 Å². The molecule has 3 rings (SSSR count). The minimum atomic E-state index is -0.294. The number of benzene rings is 1. The molecule has 0 spiro atoms. The normalized spacial score (nSPS) is 25.5. The molecule has 2 N–H and O–H groups in total. The van der Waals surface area contributed by atoms with E-state index in [0.717, 1.165) is 42.6 Å². The van der Waals surface area contributed by atoms with E-state index in [4.69, 9.17) is 4.74 Å². The highest BCUT2D eigenvalue weighted by molar-refractivity contribution is 5.73. The molecule has 0 radical (unpaired) electrons. The highest BCUT2D eigenvalue weighted by Crippen LogP contribution is 2.54. The fourth-order valence-electron chi connectivity index (χ4n) is 5.46. The number of rotatable bonds is 6. The zero-order valence-electron chi connectivity index (χ0n) is 19.6. The van der Waals surface area contributed by atoms with E-state index < -0.39 is 0 Å². The van der Waals surface area contributed by atoms with Crippen LogP contribution in [0.4, 0.5) is 0 Å². The number of fused-ring (bicyclic) bond motifs is 3. The fourth-order valence-corrected chi connectivity index (χ4v) is 5.46. The molecule has 1 aromatic carbocycles. The first-order valence-electron chi connectivity index (χ1n) is 11.6. The molecule has 4 heteroatoms. The molecule has 4 nitrogen and oxygen atoms in total. The fraction of sp³-hybridized carbons (Fsp3) is 0.654. The van der Waals surface area contributed by atoms with Crippen LogP contribution < -0.4 is 10.1 Å². The third-order valence-corrected chi connectivity index (χ3v) is 7.24. The standard InChI is InChI=1S/C26H39NO3/c1-7-8-9-10-16(2)17(3)19-13-23(29)25-21-15-20(27-18(4)28)11-12-22(21)26(5,6)30-24(25)14-19/h13-14,20-22,29H,7-12,15H2,1-6H3,(H,27,28)/b17-16+/t20-,21?,22?/m1/s1. The summed E-state index contributed by atoms with van der Waals surface area (Å²) in [5.41, 5.74) is 4.28. The minimum absolute atomic E-state index is 0.0175. The maximum Gasteiger partial charge on any atom is 0.217 e. The number of phenolic OH excluding ortho intramolecular Hbond substituents is 1. The monoisotopic (exact) mass is 413 g/mol. The first kappa shape index (κ1) is 22.7. The van der Waals surface area contributed by atoms with Gasteiger partial charge in [-0.2, -0.15) is 0 Å². The number of allylic oxidation sites excluding steroid dienone is 2. The summed E-state index contributed by atoms with van der Waals surface area (Å²) >= 11 is 0. The van der Waals surface area contributed by atoms with Crippen molar-refractivity contribution in [1.29, 1.82) is 0 Å². The van der Waals surface area contributed by atoms with Crippen LogP contribution in [0.2, 0.25) is 0 Å². The molecular weight excluding hydrogens is 374 g/mol. The molecule has 2 aliphatic rings. The van der Waals surface area contributed by atoms with Gasteiger partial charge in [0.15, 0.2) is 0 Å². The van der Waals surface area contributed by atoms with Crippen molar-refractivity contribution in [3.05, 3.63) is 28.8 Å². The van der Waals surface area contributed by atoms with E-state index in [1.54, 1.807) is 6.92 Å². The average Bonchev–Trinajstić information content (AvgIpc) is 2.65. The van der Waals surface area contributed by atoms with Crippen molar-refractivity contribution in [2.24, 2.45) is 5.92 Å². The molecule has 1 amide bonds. The average molecular weight is 414 g/mol. The van der Waals surface area contributed by atoms with Gasteiger partial charge in [-0.15, -0.1) is 0 Å². The largest absolute Gasteiger partial charge is 0.507 e. The number of hydrogen-bond donors (Lipinski definition) is 2. The van der Waals surface area contributed by atoms with Crippen LogP contribution in [-0.2, 0) is 4.79 Å². The summed E-state index contributed by atoms with van der Waals surface area (Å²) in [5.74, 6) is 1.68. The first-order valence-corrected chi connectivity index (χ1v) is 11.6. The summed E-state index contributed by atoms with van der Waals surface area (Å²) < 4.78 is 6.49. The van der Waals surface area contributed by atoms with Gasteiger partial charge in [-0.25, -0.2) is 0 Å². The molecule has 0 bridgehead atoms. The highest BCUT2D eigenvalue weighted by atomic mass is 16.5. The smallest absolute Gasteiger partial charge is 0.217 e. The summed E-state index contributed by atoms with van der Waals surface area (Å²) in [7, 11) is 0. The number of nitrogens with one attached hydrogen (secondary N) is 1. The number of phenols is 1. The zero-order valence-corrected chi connectivity index (χ0v) is 19.6. The molecule has 1 fully saturated rings. The molecule has 0 saturated heterocycles. The van der Waals surface area contributed by atoms with Crippen LogP contribution in [0, 0.1) is 5.92 Å². The summed E-state index contributed by atoms with van der Waals surface area (Å²) in [5, 5.41) is 14.2. The summed E-state index contributed by atoms with van der Waals surface area (Å²) in [6.07, 6.45) is 7.55. The molecule has 1 aliphatic heterocycles. The van der Waals surface area contributed by atoms with E-state index in [2.05, 4.69) is 46.0 Å². The molecule has 0 aromatic heterocycles. The topological polar surface area (TPSA) is 58.6 Å². The van der Waals surface area contributed by atoms with Crippen molar-refractivity contribution in [2.75, 3.05) is 0 Å². The van der Waals surface area contributed by atoms with Crippen molar-refractivity contribution in [1.82, 2.24) is 5.32 Å². The molecular formula is C26H39NO3. The van der Waals surface area contributed by atoms with E-state index in [0.29, 0.717) is 11.7 Å². The van der Waals surface area contributed by atoms with Gasteiger partial charge in [0, 0.05) is 24.4 Å². The van der Waals surface area contributed by atoms with Crippen LogP contribution >= 0.6 is 0 Å². The maximum absolute atomic E-state index is 11.6. The summed E-state index contributed by atoms with van der Waals surface area (Å²) in [6.45, 7) is 12.5. The molecule has 2 unspecified atom stereocenters. The lowest BCUT2D eigenvalue weighted by Gasteiger charge is -2.49. The second-order valence-electron chi connectivity index (χ2n) is 9.90. The van der Waals surface area contributed by atoms with Gasteiger partial charge in [0.1, 0.15) is 17.1 Å². The number of hydrogen-bond acceptors (Lipinski definition) is 3. The molecule has 3 atom stereocenters. The Morgan fingerprint density at radius 3 is 2.60 bits per heavy atom. The molecule has 1 saturated carbocycles. The number of carbonyl (C=O) groups is 1. The number of aromatic hydroxyl groups is 1. The van der Waals surface area contributed by atoms with Gasteiger partial charge in [-0.1, -0.05) is 25.3 Å². The number of amides is 1.